The molecule has 0 aliphatic heterocycles. The van der Waals surface area contributed by atoms with Crippen LogP contribution in [0.25, 0.3) is 0 Å². The van der Waals surface area contributed by atoms with Crippen molar-refractivity contribution in [1.29, 1.82) is 0 Å². The van der Waals surface area contributed by atoms with Crippen LogP contribution in [-0.4, -0.2) is 19.4 Å². The zero-order valence-electron chi connectivity index (χ0n) is 6.29. The minimum Gasteiger partial charge on any atom is -0.352 e. The molecule has 1 radical (unpaired) electrons. The first kappa shape index (κ1) is 13.2. The third-order valence-electron chi connectivity index (χ3n) is 0.633. The summed E-state index contributed by atoms with van der Waals surface area (Å²) in [5.41, 5.74) is 0. The van der Waals surface area contributed by atoms with Crippen LogP contribution in [-0.2, 0) is 19.3 Å². The average molecular weight is 273 g/mol. The summed E-state index contributed by atoms with van der Waals surface area (Å²) in [5, 5.41) is 0. The van der Waals surface area contributed by atoms with Gasteiger partial charge in [0.25, 0.3) is 0 Å². The van der Waals surface area contributed by atoms with Gasteiger partial charge in [-0.2, -0.15) is 4.89 Å². The second kappa shape index (κ2) is 7.69. The molecule has 0 amide bonds. The molecule has 0 fully saturated rings. The molecule has 1 unspecified atom stereocenters. The van der Waals surface area contributed by atoms with Crippen molar-refractivity contribution in [3.63, 3.8) is 0 Å². The summed E-state index contributed by atoms with van der Waals surface area (Å²) in [4.78, 5) is 18.6. The van der Waals surface area contributed by atoms with E-state index in [2.05, 4.69) is 14.5 Å². The zero-order valence-corrected chi connectivity index (χ0v) is 9.91. The molecule has 0 N–H and O–H groups in total. The van der Waals surface area contributed by atoms with Gasteiger partial charge in [-0.15, -0.1) is 0 Å². The molecule has 0 aliphatic carbocycles. The van der Waals surface area contributed by atoms with Crippen LogP contribution in [0.4, 0.5) is 0 Å². The maximum Gasteiger partial charge on any atom is 0.339 e. The van der Waals surface area contributed by atoms with Gasteiger partial charge in [0.15, 0.2) is 6.29 Å². The Morgan fingerprint density at radius 2 is 2.00 bits per heavy atom. The van der Waals surface area contributed by atoms with E-state index in [0.29, 0.717) is 0 Å². The van der Waals surface area contributed by atoms with Crippen molar-refractivity contribution in [2.45, 2.75) is 20.1 Å². The van der Waals surface area contributed by atoms with Gasteiger partial charge in [0.05, 0.1) is 0 Å². The number of methoxy groups -OCH3 is 1. The monoisotopic (exact) mass is 273 g/mol. The van der Waals surface area contributed by atoms with Crippen LogP contribution >= 0.6 is 0 Å². The van der Waals surface area contributed by atoms with E-state index in [1.54, 1.807) is 6.92 Å². The van der Waals surface area contributed by atoms with Gasteiger partial charge < -0.3 is 4.74 Å². The molecule has 1 atom stereocenters. The molecule has 0 aromatic heterocycles. The maximum atomic E-state index is 10.1. The molecule has 0 aliphatic rings. The quantitative estimate of drug-likeness (QED) is 0.426. The van der Waals surface area contributed by atoms with Crippen molar-refractivity contribution in [2.75, 3.05) is 7.11 Å². The topological polar surface area (TPSA) is 44.8 Å². The second-order valence-corrected chi connectivity index (χ2v) is 1.47. The smallest absolute Gasteiger partial charge is 0.339 e. The summed E-state index contributed by atoms with van der Waals surface area (Å²) in [5.74, 6) is -0.487. The van der Waals surface area contributed by atoms with Gasteiger partial charge in [0.2, 0.25) is 0 Å². The Balaban J connectivity index is 0. The van der Waals surface area contributed by atoms with E-state index < -0.39 is 12.3 Å². The molecule has 0 aromatic carbocycles. The summed E-state index contributed by atoms with van der Waals surface area (Å²) in [6.07, 6.45) is -0.506. The Hall–Kier alpha value is 0.585. The Morgan fingerprint density at radius 3 is 2.30 bits per heavy atom. The molecule has 0 bridgehead atoms. The first-order chi connectivity index (χ1) is 4.16. The van der Waals surface area contributed by atoms with Crippen molar-refractivity contribution >= 4 is 5.97 Å². The molecule has 0 spiro atoms. The molecule has 57 valence electrons. The van der Waals surface area contributed by atoms with Crippen LogP contribution in [0.3, 0.4) is 0 Å². The van der Waals surface area contributed by atoms with Crippen molar-refractivity contribution in [3.05, 3.63) is 0 Å². The molecule has 0 aromatic rings. The Morgan fingerprint density at radius 1 is 1.50 bits per heavy atom. The van der Waals surface area contributed by atoms with E-state index in [1.807, 2.05) is 0 Å². The van der Waals surface area contributed by atoms with E-state index in [9.17, 15) is 4.79 Å². The molecule has 0 saturated heterocycles. The molecule has 10 heavy (non-hydrogen) atoms. The predicted octanol–water partition coefficient (Wildman–Crippen LogP) is 0.474. The summed E-state index contributed by atoms with van der Waals surface area (Å²) < 4.78 is 4.60. The Bertz CT molecular complexity index is 95.6. The van der Waals surface area contributed by atoms with Gasteiger partial charge in [-0.3, -0.25) is 4.89 Å². The van der Waals surface area contributed by atoms with Gasteiger partial charge in [-0.05, 0) is 6.92 Å². The van der Waals surface area contributed by atoms with Gasteiger partial charge in [0.1, 0.15) is 0 Å². The van der Waals surface area contributed by atoms with E-state index >= 15 is 0 Å². The Kier molecular flexibility index (Phi) is 10.1. The molecule has 0 saturated carbocycles. The fourth-order valence-corrected chi connectivity index (χ4v) is 0.175. The van der Waals surface area contributed by atoms with Crippen LogP contribution in [0, 0.1) is 35.6 Å². The SMILES string of the molecule is COC(C)OOC(C)=O.[La]. The number of rotatable bonds is 3. The van der Waals surface area contributed by atoms with Gasteiger partial charge in [0, 0.05) is 49.6 Å². The summed E-state index contributed by atoms with van der Waals surface area (Å²) in [7, 11) is 1.45. The maximum absolute atomic E-state index is 10.1. The normalized spacial score (nSPS) is 11.5. The van der Waals surface area contributed by atoms with Crippen molar-refractivity contribution < 1.29 is 54.9 Å². The van der Waals surface area contributed by atoms with Crippen molar-refractivity contribution in [3.8, 4) is 0 Å². The van der Waals surface area contributed by atoms with E-state index in [4.69, 9.17) is 0 Å². The molecular formula is C5H10LaO4. The summed E-state index contributed by atoms with van der Waals surface area (Å²) >= 11 is 0. The van der Waals surface area contributed by atoms with E-state index in [-0.39, 0.29) is 35.6 Å². The third-order valence-corrected chi connectivity index (χ3v) is 0.633. The number of carbonyl (C=O) groups excluding carboxylic acids is 1. The minimum absolute atomic E-state index is 0. The summed E-state index contributed by atoms with van der Waals surface area (Å²) in [6, 6.07) is 0. The number of hydrogen-bond donors (Lipinski definition) is 0. The first-order valence-corrected chi connectivity index (χ1v) is 2.53. The van der Waals surface area contributed by atoms with Crippen molar-refractivity contribution in [2.24, 2.45) is 0 Å². The average Bonchev–Trinajstić information content (AvgIpc) is 1.83. The third kappa shape index (κ3) is 8.58. The summed E-state index contributed by atoms with van der Waals surface area (Å²) in [6.45, 7) is 2.87. The zero-order chi connectivity index (χ0) is 7.28. The number of carbonyl (C=O) groups is 1. The molecular weight excluding hydrogens is 263 g/mol. The molecule has 0 heterocycles. The number of hydrogen-bond acceptors (Lipinski definition) is 4. The van der Waals surface area contributed by atoms with E-state index in [1.165, 1.54) is 14.0 Å². The number of ether oxygens (including phenoxy) is 1. The standard InChI is InChI=1S/C5H10O4.La/c1-4(6)8-9-5(2)7-3;/h5H,1-3H3;. The van der Waals surface area contributed by atoms with Crippen LogP contribution in [0.2, 0.25) is 0 Å². The molecule has 4 nitrogen and oxygen atoms in total. The van der Waals surface area contributed by atoms with Crippen molar-refractivity contribution in [1.82, 2.24) is 0 Å². The molecule has 0 rings (SSSR count). The van der Waals surface area contributed by atoms with Gasteiger partial charge in [-0.1, -0.05) is 0 Å². The van der Waals surface area contributed by atoms with Crippen LogP contribution in [0.15, 0.2) is 0 Å². The van der Waals surface area contributed by atoms with Gasteiger partial charge in [-0.25, -0.2) is 4.79 Å². The van der Waals surface area contributed by atoms with E-state index in [0.717, 1.165) is 0 Å². The predicted molar refractivity (Wildman–Crippen MR) is 29.3 cm³/mol. The largest absolute Gasteiger partial charge is 0.352 e. The fraction of sp³-hybridized carbons (Fsp3) is 0.800. The van der Waals surface area contributed by atoms with Crippen LogP contribution in [0.1, 0.15) is 13.8 Å². The Labute approximate surface area is 87.7 Å². The van der Waals surface area contributed by atoms with Gasteiger partial charge >= 0.3 is 5.97 Å². The first-order valence-electron chi connectivity index (χ1n) is 2.53. The van der Waals surface area contributed by atoms with Crippen LogP contribution in [0.5, 0.6) is 0 Å². The second-order valence-electron chi connectivity index (χ2n) is 1.47. The van der Waals surface area contributed by atoms with Crippen LogP contribution < -0.4 is 0 Å². The fourth-order valence-electron chi connectivity index (χ4n) is 0.175. The molecule has 5 heteroatoms. The minimum atomic E-state index is -0.506.